The molecule has 0 aromatic rings. The Morgan fingerprint density at radius 3 is 1.69 bits per heavy atom. The van der Waals surface area contributed by atoms with E-state index in [1.54, 1.807) is 0 Å². The van der Waals surface area contributed by atoms with Gasteiger partial charge in [-0.05, 0) is 25.2 Å². The summed E-state index contributed by atoms with van der Waals surface area (Å²) >= 11 is 0. The zero-order valence-electron chi connectivity index (χ0n) is 16.9. The Kier molecular flexibility index (Phi) is 20.3. The van der Waals surface area contributed by atoms with E-state index in [0.29, 0.717) is 19.4 Å². The van der Waals surface area contributed by atoms with Crippen molar-refractivity contribution in [2.45, 2.75) is 57.7 Å². The number of guanidine groups is 1. The predicted molar refractivity (Wildman–Crippen MR) is 107 cm³/mol. The summed E-state index contributed by atoms with van der Waals surface area (Å²) in [6.07, 6.45) is 2.75. The summed E-state index contributed by atoms with van der Waals surface area (Å²) in [6.45, 7) is 3.84. The van der Waals surface area contributed by atoms with Crippen molar-refractivity contribution < 1.29 is 34.8 Å². The summed E-state index contributed by atoms with van der Waals surface area (Å²) in [5, 5.41) is 42.1. The van der Waals surface area contributed by atoms with Gasteiger partial charge in [0, 0.05) is 6.54 Å². The van der Waals surface area contributed by atoms with Crippen LogP contribution in [0.1, 0.15) is 39.5 Å². The molecule has 172 valence electrons. The van der Waals surface area contributed by atoms with E-state index in [9.17, 15) is 14.4 Å². The highest BCUT2D eigenvalue weighted by atomic mass is 16.4. The van der Waals surface area contributed by atoms with Gasteiger partial charge in [-0.2, -0.15) is 0 Å². The molecule has 0 amide bonds. The van der Waals surface area contributed by atoms with Crippen LogP contribution in [0.15, 0.2) is 0 Å². The van der Waals surface area contributed by atoms with Gasteiger partial charge in [-0.25, -0.2) is 0 Å². The van der Waals surface area contributed by atoms with Crippen molar-refractivity contribution in [3.05, 3.63) is 0 Å². The van der Waals surface area contributed by atoms with Crippen LogP contribution in [0.2, 0.25) is 0 Å². The Morgan fingerprint density at radius 1 is 0.966 bits per heavy atom. The smallest absolute Gasteiger partial charge is 0.322 e. The summed E-state index contributed by atoms with van der Waals surface area (Å²) in [5.41, 5.74) is 20.3. The Hall–Kier alpha value is -2.48. The zero-order valence-corrected chi connectivity index (χ0v) is 16.9. The lowest BCUT2D eigenvalue weighted by molar-refractivity contribution is -0.140. The van der Waals surface area contributed by atoms with Gasteiger partial charge in [0.25, 0.3) is 0 Å². The molecular formula is C16H36N6O7. The van der Waals surface area contributed by atoms with E-state index in [4.69, 9.17) is 48.8 Å². The van der Waals surface area contributed by atoms with E-state index in [2.05, 4.69) is 5.32 Å². The quantitative estimate of drug-likeness (QED) is 0.0968. The van der Waals surface area contributed by atoms with Crippen LogP contribution in [0.25, 0.3) is 0 Å². The number of carboxylic acids is 3. The van der Waals surface area contributed by atoms with Crippen LogP contribution in [-0.4, -0.2) is 75.6 Å². The van der Waals surface area contributed by atoms with Crippen LogP contribution < -0.4 is 28.3 Å². The number of carbonyl (C=O) groups is 3. The average molecular weight is 424 g/mol. The van der Waals surface area contributed by atoms with Crippen molar-refractivity contribution >= 4 is 23.9 Å². The fraction of sp³-hybridized carbons (Fsp3) is 0.750. The first-order valence-electron chi connectivity index (χ1n) is 8.95. The largest absolute Gasteiger partial charge is 0.480 e. The number of aliphatic carboxylic acids is 3. The van der Waals surface area contributed by atoms with Crippen molar-refractivity contribution in [2.75, 3.05) is 13.2 Å². The topological polar surface area (TPSA) is 272 Å². The molecular weight excluding hydrogens is 388 g/mol. The summed E-state index contributed by atoms with van der Waals surface area (Å²) in [7, 11) is 0. The second-order valence-electron chi connectivity index (χ2n) is 6.16. The minimum absolute atomic E-state index is 0.0671. The van der Waals surface area contributed by atoms with Gasteiger partial charge >= 0.3 is 17.9 Å². The van der Waals surface area contributed by atoms with E-state index in [1.165, 1.54) is 0 Å². The van der Waals surface area contributed by atoms with Crippen molar-refractivity contribution in [3.63, 3.8) is 0 Å². The monoisotopic (exact) mass is 424 g/mol. The first-order valence-corrected chi connectivity index (χ1v) is 8.95. The molecule has 0 aromatic heterocycles. The summed E-state index contributed by atoms with van der Waals surface area (Å²) in [5.74, 6) is -3.06. The van der Waals surface area contributed by atoms with Crippen LogP contribution in [0, 0.1) is 11.3 Å². The van der Waals surface area contributed by atoms with Crippen molar-refractivity contribution in [1.82, 2.24) is 5.32 Å². The predicted octanol–water partition coefficient (Wildman–Crippen LogP) is -2.11. The maximum atomic E-state index is 10.3. The lowest BCUT2D eigenvalue weighted by Gasteiger charge is -2.11. The molecule has 0 aliphatic carbocycles. The highest BCUT2D eigenvalue weighted by Crippen LogP contribution is 2.04. The fourth-order valence-corrected chi connectivity index (χ4v) is 1.41. The van der Waals surface area contributed by atoms with Crippen molar-refractivity contribution in [1.29, 1.82) is 5.41 Å². The number of nitrogens with one attached hydrogen (secondary N) is 2. The van der Waals surface area contributed by atoms with Crippen molar-refractivity contribution in [2.24, 2.45) is 28.9 Å². The van der Waals surface area contributed by atoms with Crippen LogP contribution in [0.5, 0.6) is 0 Å². The minimum atomic E-state index is -1.18. The first kappa shape index (κ1) is 31.2. The normalized spacial score (nSPS) is 13.9. The molecule has 0 saturated carbocycles. The molecule has 0 radical (unpaired) electrons. The number of rotatable bonds is 11. The standard InChI is InChI=1S/C7H16N4O2.C6H13NO2.C3H7NO3/c8-5(6(12)13)3-1-2-4-11-7(9)10;1-3-4(2)5(7)6(8)9;4-2(1-5)3(6)7/h5H,1-4,8H2,(H,12,13)(H4,9,10,11);4-5H,3,7H2,1-2H3,(H,8,9);2,5H,1,4H2,(H,6,7)/t5-;4-,5-;2-/m000/s1. The molecule has 0 heterocycles. The molecule has 0 spiro atoms. The zero-order chi connectivity index (χ0) is 23.6. The lowest BCUT2D eigenvalue weighted by atomic mass is 10.0. The van der Waals surface area contributed by atoms with E-state index in [-0.39, 0.29) is 11.9 Å². The van der Waals surface area contributed by atoms with E-state index >= 15 is 0 Å². The number of carboxylic acid groups (broad SMARTS) is 3. The highest BCUT2D eigenvalue weighted by molar-refractivity contribution is 5.74. The van der Waals surface area contributed by atoms with Gasteiger partial charge in [0.1, 0.15) is 18.1 Å². The number of hydrogen-bond acceptors (Lipinski definition) is 8. The number of nitrogens with two attached hydrogens (primary N) is 4. The third kappa shape index (κ3) is 21.7. The third-order valence-corrected chi connectivity index (χ3v) is 3.63. The number of hydrogen-bond donors (Lipinski definition) is 10. The molecule has 4 atom stereocenters. The number of aliphatic hydroxyl groups is 1. The molecule has 0 fully saturated rings. The van der Waals surface area contributed by atoms with Gasteiger partial charge in [0.05, 0.1) is 6.61 Å². The van der Waals surface area contributed by atoms with Crippen LogP contribution >= 0.6 is 0 Å². The van der Waals surface area contributed by atoms with E-state index < -0.39 is 42.6 Å². The summed E-state index contributed by atoms with van der Waals surface area (Å²) < 4.78 is 0. The average Bonchev–Trinajstić information content (AvgIpc) is 2.65. The molecule has 13 nitrogen and oxygen atoms in total. The molecule has 13 heteroatoms. The third-order valence-electron chi connectivity index (χ3n) is 3.63. The molecule has 14 N–H and O–H groups in total. The molecule has 0 unspecified atom stereocenters. The van der Waals surface area contributed by atoms with Gasteiger partial charge < -0.3 is 48.7 Å². The molecule has 0 rings (SSSR count). The summed E-state index contributed by atoms with van der Waals surface area (Å²) in [6, 6.07) is -2.60. The first-order chi connectivity index (χ1) is 13.3. The van der Waals surface area contributed by atoms with Gasteiger partial charge in [-0.1, -0.05) is 20.3 Å². The Labute approximate surface area is 169 Å². The maximum absolute atomic E-state index is 10.3. The molecule has 0 saturated heterocycles. The molecule has 0 aromatic carbocycles. The van der Waals surface area contributed by atoms with E-state index in [0.717, 1.165) is 12.8 Å². The Morgan fingerprint density at radius 2 is 1.45 bits per heavy atom. The lowest BCUT2D eigenvalue weighted by Crippen LogP contribution is -2.36. The summed E-state index contributed by atoms with van der Waals surface area (Å²) in [4.78, 5) is 30.1. The van der Waals surface area contributed by atoms with E-state index in [1.807, 2.05) is 13.8 Å². The molecule has 29 heavy (non-hydrogen) atoms. The van der Waals surface area contributed by atoms with Gasteiger partial charge in [-0.3, -0.25) is 19.8 Å². The van der Waals surface area contributed by atoms with Crippen molar-refractivity contribution in [3.8, 4) is 0 Å². The highest BCUT2D eigenvalue weighted by Gasteiger charge is 2.17. The van der Waals surface area contributed by atoms with Crippen LogP contribution in [0.4, 0.5) is 0 Å². The van der Waals surface area contributed by atoms with Gasteiger partial charge in [0.15, 0.2) is 5.96 Å². The molecule has 0 aliphatic rings. The van der Waals surface area contributed by atoms with Gasteiger partial charge in [-0.15, -0.1) is 0 Å². The fourth-order valence-electron chi connectivity index (χ4n) is 1.41. The maximum Gasteiger partial charge on any atom is 0.322 e. The minimum Gasteiger partial charge on any atom is -0.480 e. The SMILES string of the molecule is CC[C@H](C)[C@H](N)C(=O)O.N=C(N)NCCCC[C@H](N)C(=O)O.N[C@@H](CO)C(=O)O. The number of unbranched alkanes of at least 4 members (excludes halogenated alkanes) is 1. The van der Waals surface area contributed by atoms with Crippen LogP contribution in [0.3, 0.4) is 0 Å². The Balaban J connectivity index is -0.000000370. The molecule has 0 bridgehead atoms. The second kappa shape index (κ2) is 18.9. The Bertz CT molecular complexity index is 492. The number of aliphatic hydroxyl groups excluding tert-OH is 1. The van der Waals surface area contributed by atoms with Gasteiger partial charge in [0.2, 0.25) is 0 Å². The second-order valence-corrected chi connectivity index (χ2v) is 6.16. The molecule has 0 aliphatic heterocycles. The van der Waals surface area contributed by atoms with Crippen LogP contribution in [-0.2, 0) is 14.4 Å².